The van der Waals surface area contributed by atoms with Crippen molar-refractivity contribution in [2.24, 2.45) is 0 Å². The molecule has 0 aromatic carbocycles. The van der Waals surface area contributed by atoms with Crippen LogP contribution in [0.25, 0.3) is 0 Å². The van der Waals surface area contributed by atoms with Crippen molar-refractivity contribution in [1.29, 1.82) is 0 Å². The number of hydrogen-bond donors (Lipinski definition) is 0. The van der Waals surface area contributed by atoms with Crippen molar-refractivity contribution in [3.05, 3.63) is 28.3 Å². The van der Waals surface area contributed by atoms with Crippen molar-refractivity contribution in [2.75, 3.05) is 26.2 Å². The first-order valence-electron chi connectivity index (χ1n) is 8.84. The highest BCUT2D eigenvalue weighted by Gasteiger charge is 2.33. The van der Waals surface area contributed by atoms with E-state index in [0.29, 0.717) is 42.0 Å². The molecule has 9 nitrogen and oxygen atoms in total. The predicted octanol–water partition coefficient (Wildman–Crippen LogP) is 1.34. The Morgan fingerprint density at radius 2 is 1.67 bits per heavy atom. The van der Waals surface area contributed by atoms with Gasteiger partial charge in [-0.05, 0) is 36.7 Å². The van der Waals surface area contributed by atoms with Gasteiger partial charge >= 0.3 is 0 Å². The molecule has 0 aliphatic carbocycles. The number of amides is 1. The van der Waals surface area contributed by atoms with Crippen LogP contribution in [-0.4, -0.2) is 69.3 Å². The molecule has 27 heavy (non-hydrogen) atoms. The number of aromatic nitrogens is 4. The van der Waals surface area contributed by atoms with Gasteiger partial charge in [-0.2, -0.15) is 14.5 Å². The Morgan fingerprint density at radius 3 is 2.19 bits per heavy atom. The summed E-state index contributed by atoms with van der Waals surface area (Å²) in [5.41, 5.74) is 0.845. The molecular weight excluding hydrogens is 436 g/mol. The zero-order chi connectivity index (χ0) is 19.8. The van der Waals surface area contributed by atoms with Crippen LogP contribution in [0.1, 0.15) is 30.0 Å². The van der Waals surface area contributed by atoms with E-state index in [4.69, 9.17) is 0 Å². The number of aryl methyl sites for hydroxylation is 3. The number of nitrogens with zero attached hydrogens (tertiary/aromatic N) is 6. The average Bonchev–Trinajstić information content (AvgIpc) is 3.23. The highest BCUT2D eigenvalue weighted by Crippen LogP contribution is 2.22. The number of carbonyl (C=O) groups is 1. The zero-order valence-corrected chi connectivity index (χ0v) is 18.0. The van der Waals surface area contributed by atoms with Gasteiger partial charge in [0.2, 0.25) is 10.0 Å². The quantitative estimate of drug-likeness (QED) is 0.673. The smallest absolute Gasteiger partial charge is 0.275 e. The normalized spacial score (nSPS) is 16.1. The molecule has 3 heterocycles. The van der Waals surface area contributed by atoms with E-state index in [0.717, 1.165) is 0 Å². The molecule has 0 spiro atoms. The molecule has 0 unspecified atom stereocenters. The van der Waals surface area contributed by atoms with Crippen LogP contribution in [0.4, 0.5) is 0 Å². The summed E-state index contributed by atoms with van der Waals surface area (Å²) in [6.45, 7) is 7.97. The summed E-state index contributed by atoms with van der Waals surface area (Å²) < 4.78 is 31.2. The lowest BCUT2D eigenvalue weighted by atomic mass is 10.3. The van der Waals surface area contributed by atoms with E-state index in [1.807, 2.05) is 13.8 Å². The van der Waals surface area contributed by atoms with E-state index in [2.05, 4.69) is 26.1 Å². The summed E-state index contributed by atoms with van der Waals surface area (Å²) in [4.78, 5) is 14.6. The second-order valence-electron chi connectivity index (χ2n) is 6.31. The number of halogens is 1. The van der Waals surface area contributed by atoms with E-state index in [1.165, 1.54) is 4.31 Å². The van der Waals surface area contributed by atoms with Gasteiger partial charge in [0.05, 0.1) is 10.2 Å². The lowest BCUT2D eigenvalue weighted by Crippen LogP contribution is -2.50. The maximum atomic E-state index is 12.9. The molecule has 3 rings (SSSR count). The molecule has 1 aliphatic heterocycles. The average molecular weight is 459 g/mol. The highest BCUT2D eigenvalue weighted by atomic mass is 79.9. The van der Waals surface area contributed by atoms with Crippen LogP contribution in [0.15, 0.2) is 21.8 Å². The van der Waals surface area contributed by atoms with Gasteiger partial charge in [0.1, 0.15) is 4.90 Å². The number of piperazine rings is 1. The zero-order valence-electron chi connectivity index (χ0n) is 15.6. The van der Waals surface area contributed by atoms with E-state index in [1.54, 1.807) is 33.6 Å². The van der Waals surface area contributed by atoms with Gasteiger partial charge in [-0.1, -0.05) is 0 Å². The number of hydrogen-bond acceptors (Lipinski definition) is 5. The van der Waals surface area contributed by atoms with Crippen molar-refractivity contribution < 1.29 is 13.2 Å². The Labute approximate surface area is 167 Å². The van der Waals surface area contributed by atoms with Gasteiger partial charge in [-0.15, -0.1) is 0 Å². The van der Waals surface area contributed by atoms with Crippen molar-refractivity contribution in [2.45, 2.75) is 38.8 Å². The third kappa shape index (κ3) is 3.81. The molecule has 0 N–H and O–H groups in total. The van der Waals surface area contributed by atoms with Gasteiger partial charge in [0.15, 0.2) is 5.69 Å². The van der Waals surface area contributed by atoms with Gasteiger partial charge in [-0.3, -0.25) is 14.2 Å². The molecule has 1 amide bonds. The Morgan fingerprint density at radius 1 is 1.07 bits per heavy atom. The maximum absolute atomic E-state index is 12.9. The fourth-order valence-electron chi connectivity index (χ4n) is 3.04. The molecule has 148 valence electrons. The number of sulfonamides is 1. The summed E-state index contributed by atoms with van der Waals surface area (Å²) in [6, 6.07) is 0. The van der Waals surface area contributed by atoms with Crippen LogP contribution in [0, 0.1) is 6.92 Å². The highest BCUT2D eigenvalue weighted by molar-refractivity contribution is 9.10. The second-order valence-corrected chi connectivity index (χ2v) is 9.07. The second kappa shape index (κ2) is 7.72. The SMILES string of the molecule is CCn1cc(S(=O)(=O)N2CCN(C(=O)c3nn(CC)cc3Br)CC2)c(C)n1. The first kappa shape index (κ1) is 20.0. The molecule has 1 fully saturated rings. The summed E-state index contributed by atoms with van der Waals surface area (Å²) in [7, 11) is -3.62. The Hall–Kier alpha value is -1.72. The Bertz CT molecular complexity index is 944. The molecular formula is C16H23BrN6O3S. The summed E-state index contributed by atoms with van der Waals surface area (Å²) >= 11 is 3.37. The predicted molar refractivity (Wildman–Crippen MR) is 103 cm³/mol. The van der Waals surface area contributed by atoms with Crippen molar-refractivity contribution in [1.82, 2.24) is 28.8 Å². The molecule has 2 aromatic rings. The molecule has 1 saturated heterocycles. The third-order valence-electron chi connectivity index (χ3n) is 4.61. The standard InChI is InChI=1S/C16H23BrN6O3S/c1-4-21-10-13(17)15(19-21)16(24)20-6-8-23(9-7-20)27(25,26)14-11-22(5-2)18-12(14)3/h10-11H,4-9H2,1-3H3. The van der Waals surface area contributed by atoms with Crippen LogP contribution in [0.2, 0.25) is 0 Å². The summed E-state index contributed by atoms with van der Waals surface area (Å²) in [6.07, 6.45) is 3.33. The first-order chi connectivity index (χ1) is 12.8. The first-order valence-corrected chi connectivity index (χ1v) is 11.1. The minimum atomic E-state index is -3.62. The summed E-state index contributed by atoms with van der Waals surface area (Å²) in [5, 5.41) is 8.50. The minimum absolute atomic E-state index is 0.193. The fraction of sp³-hybridized carbons (Fsp3) is 0.562. The lowest BCUT2D eigenvalue weighted by molar-refractivity contribution is 0.0690. The third-order valence-corrected chi connectivity index (χ3v) is 7.19. The fourth-order valence-corrected chi connectivity index (χ4v) is 5.12. The Kier molecular flexibility index (Phi) is 5.73. The number of carbonyl (C=O) groups excluding carboxylic acids is 1. The van der Waals surface area contributed by atoms with Crippen LogP contribution in [0.5, 0.6) is 0 Å². The maximum Gasteiger partial charge on any atom is 0.275 e. The van der Waals surface area contributed by atoms with Crippen LogP contribution >= 0.6 is 15.9 Å². The van der Waals surface area contributed by atoms with Crippen molar-refractivity contribution in [3.8, 4) is 0 Å². The monoisotopic (exact) mass is 458 g/mol. The van der Waals surface area contributed by atoms with Gasteiger partial charge < -0.3 is 4.90 Å². The van der Waals surface area contributed by atoms with Gasteiger partial charge in [0, 0.05) is 51.7 Å². The van der Waals surface area contributed by atoms with Crippen LogP contribution in [-0.2, 0) is 23.1 Å². The summed E-state index contributed by atoms with van der Waals surface area (Å²) in [5.74, 6) is -0.193. The van der Waals surface area contributed by atoms with E-state index in [-0.39, 0.29) is 23.9 Å². The largest absolute Gasteiger partial charge is 0.335 e. The van der Waals surface area contributed by atoms with Crippen molar-refractivity contribution in [3.63, 3.8) is 0 Å². The van der Waals surface area contributed by atoms with Crippen LogP contribution in [0.3, 0.4) is 0 Å². The molecule has 0 bridgehead atoms. The Balaban J connectivity index is 1.71. The van der Waals surface area contributed by atoms with E-state index in [9.17, 15) is 13.2 Å². The van der Waals surface area contributed by atoms with E-state index >= 15 is 0 Å². The number of rotatable bonds is 5. The van der Waals surface area contributed by atoms with Gasteiger partial charge in [-0.25, -0.2) is 8.42 Å². The van der Waals surface area contributed by atoms with Gasteiger partial charge in [0.25, 0.3) is 5.91 Å². The molecule has 11 heteroatoms. The lowest BCUT2D eigenvalue weighted by Gasteiger charge is -2.33. The minimum Gasteiger partial charge on any atom is -0.335 e. The van der Waals surface area contributed by atoms with Crippen LogP contribution < -0.4 is 0 Å². The molecule has 1 aliphatic rings. The van der Waals surface area contributed by atoms with Crippen molar-refractivity contribution >= 4 is 31.9 Å². The topological polar surface area (TPSA) is 93.3 Å². The molecule has 0 atom stereocenters. The molecule has 0 saturated carbocycles. The molecule has 0 radical (unpaired) electrons. The molecule has 2 aromatic heterocycles. The van der Waals surface area contributed by atoms with E-state index < -0.39 is 10.0 Å².